The Bertz CT molecular complexity index is 1060. The van der Waals surface area contributed by atoms with Gasteiger partial charge in [-0.2, -0.15) is 0 Å². The summed E-state index contributed by atoms with van der Waals surface area (Å²) in [5, 5.41) is 0. The van der Waals surface area contributed by atoms with E-state index in [4.69, 9.17) is 14.2 Å². The Balaban J connectivity index is 1.39. The van der Waals surface area contributed by atoms with E-state index in [0.717, 1.165) is 23.6 Å². The Morgan fingerprint density at radius 2 is 1.62 bits per heavy atom. The van der Waals surface area contributed by atoms with Gasteiger partial charge in [-0.25, -0.2) is 0 Å². The van der Waals surface area contributed by atoms with Gasteiger partial charge in [0.05, 0.1) is 7.11 Å². The molecule has 0 aliphatic carbocycles. The van der Waals surface area contributed by atoms with Crippen LogP contribution in [-0.2, 0) is 29.2 Å². The first-order valence-corrected chi connectivity index (χ1v) is 10.9. The van der Waals surface area contributed by atoms with E-state index in [1.165, 1.54) is 11.1 Å². The van der Waals surface area contributed by atoms with E-state index in [2.05, 4.69) is 30.9 Å². The zero-order chi connectivity index (χ0) is 22.5. The van der Waals surface area contributed by atoms with Gasteiger partial charge in [0, 0.05) is 13.1 Å². The van der Waals surface area contributed by atoms with Gasteiger partial charge < -0.3 is 14.2 Å². The molecule has 0 saturated heterocycles. The molecule has 3 aromatic rings. The Labute approximate surface area is 189 Å². The van der Waals surface area contributed by atoms with Crippen LogP contribution in [0.5, 0.6) is 17.2 Å². The van der Waals surface area contributed by atoms with Crippen molar-refractivity contribution in [2.45, 2.75) is 39.6 Å². The molecular weight excluding hydrogens is 402 g/mol. The molecule has 0 fully saturated rings. The molecule has 1 unspecified atom stereocenters. The molecule has 1 aliphatic heterocycles. The van der Waals surface area contributed by atoms with Crippen LogP contribution in [0.25, 0.3) is 0 Å². The second kappa shape index (κ2) is 9.88. The molecule has 0 amide bonds. The van der Waals surface area contributed by atoms with Gasteiger partial charge in [0.15, 0.2) is 0 Å². The first kappa shape index (κ1) is 21.9. The van der Waals surface area contributed by atoms with E-state index in [-0.39, 0.29) is 24.5 Å². The molecule has 0 radical (unpaired) electrons. The van der Waals surface area contributed by atoms with Gasteiger partial charge in [-0.15, -0.1) is 0 Å². The lowest BCUT2D eigenvalue weighted by Crippen LogP contribution is -2.42. The van der Waals surface area contributed by atoms with Crippen LogP contribution in [0.3, 0.4) is 0 Å². The van der Waals surface area contributed by atoms with Crippen molar-refractivity contribution in [3.8, 4) is 17.2 Å². The van der Waals surface area contributed by atoms with Crippen LogP contribution in [0.1, 0.15) is 30.5 Å². The Hall–Kier alpha value is -3.31. The molecule has 32 heavy (non-hydrogen) atoms. The molecule has 4 rings (SSSR count). The number of hydrogen-bond donors (Lipinski definition) is 0. The van der Waals surface area contributed by atoms with Crippen LogP contribution >= 0.6 is 0 Å². The highest BCUT2D eigenvalue weighted by molar-refractivity contribution is 5.76. The molecule has 1 heterocycles. The highest BCUT2D eigenvalue weighted by Crippen LogP contribution is 2.30. The predicted molar refractivity (Wildman–Crippen MR) is 124 cm³/mol. The van der Waals surface area contributed by atoms with Crippen molar-refractivity contribution >= 4 is 5.97 Å². The normalized spacial score (nSPS) is 14.1. The van der Waals surface area contributed by atoms with Gasteiger partial charge in [-0.05, 0) is 59.0 Å². The third-order valence-electron chi connectivity index (χ3n) is 5.69. The zero-order valence-electron chi connectivity index (χ0n) is 18.8. The SMILES string of the molecule is COc1ccc2c(c1)CN(C(C(=O)OCc1cccc(Oc3ccccc3)c1)C(C)C)C2. The van der Waals surface area contributed by atoms with Crippen molar-refractivity contribution in [2.24, 2.45) is 5.92 Å². The first-order valence-electron chi connectivity index (χ1n) is 10.9. The molecule has 0 N–H and O–H groups in total. The summed E-state index contributed by atoms with van der Waals surface area (Å²) in [6, 6.07) is 23.1. The van der Waals surface area contributed by atoms with E-state index in [0.29, 0.717) is 12.3 Å². The minimum Gasteiger partial charge on any atom is -0.497 e. The van der Waals surface area contributed by atoms with E-state index in [1.807, 2.05) is 60.7 Å². The molecule has 1 atom stereocenters. The maximum atomic E-state index is 13.1. The third-order valence-corrected chi connectivity index (χ3v) is 5.69. The van der Waals surface area contributed by atoms with Gasteiger partial charge in [0.1, 0.15) is 29.9 Å². The van der Waals surface area contributed by atoms with E-state index < -0.39 is 0 Å². The second-order valence-corrected chi connectivity index (χ2v) is 8.40. The van der Waals surface area contributed by atoms with Crippen molar-refractivity contribution in [3.05, 3.63) is 89.5 Å². The topological polar surface area (TPSA) is 48.0 Å². The predicted octanol–water partition coefficient (Wildman–Crippen LogP) is 5.57. The number of benzene rings is 3. The zero-order valence-corrected chi connectivity index (χ0v) is 18.8. The van der Waals surface area contributed by atoms with Crippen LogP contribution in [0.15, 0.2) is 72.8 Å². The van der Waals surface area contributed by atoms with Crippen LogP contribution in [-0.4, -0.2) is 24.0 Å². The van der Waals surface area contributed by atoms with Gasteiger partial charge >= 0.3 is 5.97 Å². The number of carbonyl (C=O) groups excluding carboxylic acids is 1. The molecule has 0 aromatic heterocycles. The summed E-state index contributed by atoms with van der Waals surface area (Å²) in [6.45, 7) is 5.78. The van der Waals surface area contributed by atoms with E-state index in [1.54, 1.807) is 7.11 Å². The van der Waals surface area contributed by atoms with Gasteiger partial charge in [-0.3, -0.25) is 9.69 Å². The summed E-state index contributed by atoms with van der Waals surface area (Å²) in [4.78, 5) is 15.3. The standard InChI is InChI=1S/C27H29NO4/c1-19(2)26(28-16-21-12-13-24(30-3)15-22(21)17-28)27(29)31-18-20-8-7-11-25(14-20)32-23-9-5-4-6-10-23/h4-15,19,26H,16-18H2,1-3H3. The van der Waals surface area contributed by atoms with Crippen molar-refractivity contribution < 1.29 is 19.0 Å². The molecule has 166 valence electrons. The minimum atomic E-state index is -0.308. The fourth-order valence-corrected chi connectivity index (χ4v) is 4.13. The first-order chi connectivity index (χ1) is 15.5. The fourth-order valence-electron chi connectivity index (χ4n) is 4.13. The number of carbonyl (C=O) groups is 1. The number of hydrogen-bond acceptors (Lipinski definition) is 5. The number of nitrogens with zero attached hydrogens (tertiary/aromatic N) is 1. The molecule has 0 saturated carbocycles. The maximum Gasteiger partial charge on any atom is 0.323 e. The number of ether oxygens (including phenoxy) is 3. The summed E-state index contributed by atoms with van der Waals surface area (Å²) in [6.07, 6.45) is 0. The van der Waals surface area contributed by atoms with Gasteiger partial charge in [-0.1, -0.05) is 50.2 Å². The highest BCUT2D eigenvalue weighted by atomic mass is 16.5. The number of rotatable bonds is 8. The summed E-state index contributed by atoms with van der Waals surface area (Å²) in [5.74, 6) is 2.26. The van der Waals surface area contributed by atoms with E-state index >= 15 is 0 Å². The van der Waals surface area contributed by atoms with Crippen molar-refractivity contribution in [1.29, 1.82) is 0 Å². The van der Waals surface area contributed by atoms with Crippen LogP contribution in [0.4, 0.5) is 0 Å². The average Bonchev–Trinajstić information content (AvgIpc) is 3.21. The van der Waals surface area contributed by atoms with Crippen LogP contribution in [0.2, 0.25) is 0 Å². The minimum absolute atomic E-state index is 0.131. The largest absolute Gasteiger partial charge is 0.497 e. The van der Waals surface area contributed by atoms with Gasteiger partial charge in [0.2, 0.25) is 0 Å². The summed E-state index contributed by atoms with van der Waals surface area (Å²) in [5.41, 5.74) is 3.33. The Kier molecular flexibility index (Phi) is 6.76. The van der Waals surface area contributed by atoms with Crippen molar-refractivity contribution in [3.63, 3.8) is 0 Å². The lowest BCUT2D eigenvalue weighted by Gasteiger charge is -2.28. The van der Waals surface area contributed by atoms with Gasteiger partial charge in [0.25, 0.3) is 0 Å². The number of fused-ring (bicyclic) bond motifs is 1. The molecular formula is C27H29NO4. The summed E-state index contributed by atoms with van der Waals surface area (Å²) >= 11 is 0. The highest BCUT2D eigenvalue weighted by Gasteiger charge is 2.34. The lowest BCUT2D eigenvalue weighted by atomic mass is 10.0. The third kappa shape index (κ3) is 5.11. The molecule has 0 spiro atoms. The van der Waals surface area contributed by atoms with Crippen molar-refractivity contribution in [2.75, 3.05) is 7.11 Å². The fraction of sp³-hybridized carbons (Fsp3) is 0.296. The Morgan fingerprint density at radius 1 is 0.875 bits per heavy atom. The van der Waals surface area contributed by atoms with Crippen LogP contribution < -0.4 is 9.47 Å². The number of para-hydroxylation sites is 1. The maximum absolute atomic E-state index is 13.1. The van der Waals surface area contributed by atoms with Crippen LogP contribution in [0, 0.1) is 5.92 Å². The quantitative estimate of drug-likeness (QED) is 0.436. The summed E-state index contributed by atoms with van der Waals surface area (Å²) < 4.78 is 17.0. The molecule has 0 bridgehead atoms. The average molecular weight is 432 g/mol. The molecule has 3 aromatic carbocycles. The summed E-state index contributed by atoms with van der Waals surface area (Å²) in [7, 11) is 1.67. The Morgan fingerprint density at radius 3 is 2.38 bits per heavy atom. The number of methoxy groups -OCH3 is 1. The molecule has 5 heteroatoms. The number of esters is 1. The molecule has 1 aliphatic rings. The monoisotopic (exact) mass is 431 g/mol. The van der Waals surface area contributed by atoms with Crippen molar-refractivity contribution in [1.82, 2.24) is 4.90 Å². The second-order valence-electron chi connectivity index (χ2n) is 8.40. The lowest BCUT2D eigenvalue weighted by molar-refractivity contribution is -0.153. The smallest absolute Gasteiger partial charge is 0.323 e. The van der Waals surface area contributed by atoms with E-state index in [9.17, 15) is 4.79 Å². The molecule has 5 nitrogen and oxygen atoms in total.